The van der Waals surface area contributed by atoms with Crippen molar-refractivity contribution < 1.29 is 22.1 Å². The van der Waals surface area contributed by atoms with Crippen molar-refractivity contribution in [1.82, 2.24) is 39.5 Å². The number of hydrogen-bond acceptors (Lipinski definition) is 10. The zero-order valence-corrected chi connectivity index (χ0v) is 31.0. The van der Waals surface area contributed by atoms with Gasteiger partial charge in [-0.25, -0.2) is 9.48 Å². The van der Waals surface area contributed by atoms with Crippen molar-refractivity contribution in [3.05, 3.63) is 77.9 Å². The second-order valence-electron chi connectivity index (χ2n) is 14.7. The first-order chi connectivity index (χ1) is 24.8. The quantitative estimate of drug-likeness (QED) is 0.175. The van der Waals surface area contributed by atoms with E-state index in [1.165, 1.54) is 6.42 Å². The Hall–Kier alpha value is -4.96. The smallest absolute Gasteiger partial charge is 0.320 e. The number of benzene rings is 1. The number of ether oxygens (including phenoxy) is 1. The highest BCUT2D eigenvalue weighted by Gasteiger charge is 2.31. The van der Waals surface area contributed by atoms with Gasteiger partial charge in [-0.05, 0) is 62.3 Å². The number of amides is 2. The molecule has 7 rings (SSSR count). The van der Waals surface area contributed by atoms with Gasteiger partial charge in [-0.15, -0.1) is 10.2 Å². The number of aromatic nitrogens is 7. The topological polar surface area (TPSA) is 163 Å². The second kappa shape index (κ2) is 14.2. The molecule has 2 unspecified atom stereocenters. The summed E-state index contributed by atoms with van der Waals surface area (Å²) in [4.78, 5) is 16.0. The first-order valence-corrected chi connectivity index (χ1v) is 19.6. The molecule has 5 aromatic rings. The van der Waals surface area contributed by atoms with Crippen LogP contribution in [-0.2, 0) is 26.3 Å². The van der Waals surface area contributed by atoms with Crippen molar-refractivity contribution in [1.29, 1.82) is 0 Å². The molecule has 5 heterocycles. The maximum atomic E-state index is 13.6. The molecule has 0 radical (unpaired) electrons. The van der Waals surface area contributed by atoms with E-state index in [0.29, 0.717) is 30.4 Å². The molecule has 4 aromatic heterocycles. The van der Waals surface area contributed by atoms with Crippen molar-refractivity contribution in [2.24, 2.45) is 0 Å². The van der Waals surface area contributed by atoms with E-state index in [4.69, 9.17) is 14.0 Å². The normalized spacial score (nSPS) is 19.4. The predicted molar refractivity (Wildman–Crippen MR) is 196 cm³/mol. The first-order valence-electron chi connectivity index (χ1n) is 17.7. The third-order valence-corrected chi connectivity index (χ3v) is 10.2. The number of anilines is 2. The summed E-state index contributed by atoms with van der Waals surface area (Å²) in [5, 5.41) is 24.2. The molecule has 2 amide bonds. The van der Waals surface area contributed by atoms with Crippen molar-refractivity contribution in [2.45, 2.75) is 89.9 Å². The number of piperidine rings is 1. The van der Waals surface area contributed by atoms with Crippen LogP contribution in [0, 0.1) is 0 Å². The lowest BCUT2D eigenvalue weighted by Gasteiger charge is -2.33. The van der Waals surface area contributed by atoms with Crippen molar-refractivity contribution in [3.8, 4) is 11.4 Å². The van der Waals surface area contributed by atoms with Crippen LogP contribution in [0.2, 0.25) is 0 Å². The summed E-state index contributed by atoms with van der Waals surface area (Å²) in [6, 6.07) is 13.6. The zero-order valence-electron chi connectivity index (χ0n) is 30.2. The molecule has 0 bridgehead atoms. The standard InChI is InChI=1S/C36H46N10O5S/c1-24-10-8-9-17-44(24)35-41-40-32-16-13-26(23-45(32)35)51-30-15-14-29(27-11-6-7-12-28(27)30)38-34(47)39-33-20-31(36(2,3)4)42-46(33)25-21-37-43(22-25)18-19-50-52(5,48)49/h6-7,11-13,16,20-24,29-30H,8-10,14-15,17-19H2,1-5H3,(H2,38,39,47)/t24-,29?,30?/m1/s1. The Labute approximate surface area is 303 Å². The Morgan fingerprint density at radius 2 is 1.83 bits per heavy atom. The highest BCUT2D eigenvalue weighted by Crippen LogP contribution is 2.39. The number of rotatable bonds is 10. The molecule has 2 N–H and O–H groups in total. The van der Waals surface area contributed by atoms with Crippen LogP contribution in [0.4, 0.5) is 16.6 Å². The average molecular weight is 731 g/mol. The molecule has 1 saturated heterocycles. The van der Waals surface area contributed by atoms with E-state index in [9.17, 15) is 13.2 Å². The van der Waals surface area contributed by atoms with Crippen LogP contribution in [0.1, 0.15) is 88.8 Å². The third-order valence-electron chi connectivity index (χ3n) is 9.64. The number of fused-ring (bicyclic) bond motifs is 2. The lowest BCUT2D eigenvalue weighted by Crippen LogP contribution is -2.38. The molecule has 15 nitrogen and oxygen atoms in total. The van der Waals surface area contributed by atoms with Crippen LogP contribution in [-0.4, -0.2) is 74.1 Å². The van der Waals surface area contributed by atoms with Crippen LogP contribution in [0.15, 0.2) is 61.1 Å². The Kier molecular flexibility index (Phi) is 9.69. The molecule has 1 fully saturated rings. The summed E-state index contributed by atoms with van der Waals surface area (Å²) >= 11 is 0. The number of urea groups is 1. The zero-order chi connectivity index (χ0) is 36.6. The molecular weight excluding hydrogens is 685 g/mol. The molecule has 0 spiro atoms. The summed E-state index contributed by atoms with van der Waals surface area (Å²) in [6.45, 7) is 9.51. The number of hydrogen-bond donors (Lipinski definition) is 2. The highest BCUT2D eigenvalue weighted by molar-refractivity contribution is 7.85. The molecule has 0 saturated carbocycles. The molecule has 1 aliphatic carbocycles. The average Bonchev–Trinajstić information content (AvgIpc) is 3.84. The molecule has 16 heteroatoms. The van der Waals surface area contributed by atoms with Gasteiger partial charge in [0, 0.05) is 24.1 Å². The highest BCUT2D eigenvalue weighted by atomic mass is 32.2. The minimum atomic E-state index is -3.56. The third kappa shape index (κ3) is 7.77. The summed E-state index contributed by atoms with van der Waals surface area (Å²) in [5.41, 5.74) is 3.91. The summed E-state index contributed by atoms with van der Waals surface area (Å²) in [6.07, 6.45) is 11.0. The molecule has 1 aromatic carbocycles. The van der Waals surface area contributed by atoms with E-state index in [0.717, 1.165) is 59.8 Å². The number of nitrogens with one attached hydrogen (secondary N) is 2. The van der Waals surface area contributed by atoms with E-state index in [1.54, 1.807) is 21.8 Å². The van der Waals surface area contributed by atoms with Crippen LogP contribution in [0.5, 0.6) is 5.75 Å². The van der Waals surface area contributed by atoms with Crippen molar-refractivity contribution in [3.63, 3.8) is 0 Å². The maximum absolute atomic E-state index is 13.6. The van der Waals surface area contributed by atoms with E-state index >= 15 is 0 Å². The van der Waals surface area contributed by atoms with Gasteiger partial charge >= 0.3 is 6.03 Å². The molecule has 1 aliphatic heterocycles. The Morgan fingerprint density at radius 1 is 1.02 bits per heavy atom. The fourth-order valence-electron chi connectivity index (χ4n) is 6.92. The van der Waals surface area contributed by atoms with Gasteiger partial charge in [0.1, 0.15) is 23.4 Å². The SMILES string of the molecule is C[C@@H]1CCCCN1c1nnc2ccc(OC3CCC(NC(=O)Nc4cc(C(C)(C)C)nn4-c4cnn(CCOS(C)(=O)=O)c4)c4ccccc43)cn12. The van der Waals surface area contributed by atoms with Gasteiger partial charge in [0.05, 0.1) is 49.7 Å². The minimum Gasteiger partial charge on any atom is -0.484 e. The Bertz CT molecular complexity index is 2170. The van der Waals surface area contributed by atoms with Gasteiger partial charge in [0.15, 0.2) is 5.65 Å². The summed E-state index contributed by atoms with van der Waals surface area (Å²) in [7, 11) is -3.56. The van der Waals surface area contributed by atoms with Crippen molar-refractivity contribution in [2.75, 3.05) is 29.6 Å². The van der Waals surface area contributed by atoms with Crippen LogP contribution in [0.3, 0.4) is 0 Å². The number of nitrogens with zero attached hydrogens (tertiary/aromatic N) is 8. The second-order valence-corrected chi connectivity index (χ2v) is 16.3. The largest absolute Gasteiger partial charge is 0.484 e. The monoisotopic (exact) mass is 730 g/mol. The van der Waals surface area contributed by atoms with Gasteiger partial charge in [-0.1, -0.05) is 45.0 Å². The van der Waals surface area contributed by atoms with E-state index in [2.05, 4.69) is 43.8 Å². The van der Waals surface area contributed by atoms with Crippen LogP contribution in [0.25, 0.3) is 11.3 Å². The molecule has 276 valence electrons. The van der Waals surface area contributed by atoms with Gasteiger partial charge in [-0.2, -0.15) is 18.6 Å². The summed E-state index contributed by atoms with van der Waals surface area (Å²) in [5.74, 6) is 2.05. The fourth-order valence-corrected chi connectivity index (χ4v) is 7.29. The van der Waals surface area contributed by atoms with Gasteiger partial charge in [-0.3, -0.25) is 18.6 Å². The van der Waals surface area contributed by atoms with Crippen molar-refractivity contribution >= 4 is 33.6 Å². The Morgan fingerprint density at radius 3 is 2.60 bits per heavy atom. The fraction of sp³-hybridized carbons (Fsp3) is 0.472. The molecule has 52 heavy (non-hydrogen) atoms. The Balaban J connectivity index is 1.06. The first kappa shape index (κ1) is 35.4. The molecule has 3 atom stereocenters. The van der Waals surface area contributed by atoms with Crippen LogP contribution >= 0.6 is 0 Å². The summed E-state index contributed by atoms with van der Waals surface area (Å²) < 4.78 is 39.4. The molecule has 2 aliphatic rings. The van der Waals surface area contributed by atoms with Gasteiger partial charge < -0.3 is 15.0 Å². The predicted octanol–water partition coefficient (Wildman–Crippen LogP) is 5.54. The molecular formula is C36H46N10O5S. The minimum absolute atomic E-state index is 0.0507. The number of carbonyl (C=O) groups is 1. The van der Waals surface area contributed by atoms with E-state index in [1.807, 2.05) is 67.8 Å². The maximum Gasteiger partial charge on any atom is 0.320 e. The van der Waals surface area contributed by atoms with Gasteiger partial charge in [0.2, 0.25) is 5.95 Å². The number of pyridine rings is 1. The van der Waals surface area contributed by atoms with E-state index in [-0.39, 0.29) is 36.7 Å². The van der Waals surface area contributed by atoms with Gasteiger partial charge in [0.25, 0.3) is 10.1 Å². The number of carbonyl (C=O) groups excluding carboxylic acids is 1. The van der Waals surface area contributed by atoms with E-state index < -0.39 is 10.1 Å². The van der Waals surface area contributed by atoms with Crippen LogP contribution < -0.4 is 20.3 Å². The lowest BCUT2D eigenvalue weighted by molar-refractivity contribution is 0.171. The lowest BCUT2D eigenvalue weighted by atomic mass is 9.85.